The largest absolute Gasteiger partial charge is 0.392 e. The van der Waals surface area contributed by atoms with Gasteiger partial charge in [-0.25, -0.2) is 4.39 Å². The summed E-state index contributed by atoms with van der Waals surface area (Å²) in [7, 11) is 0. The topological polar surface area (TPSA) is 20.2 Å². The van der Waals surface area contributed by atoms with Gasteiger partial charge in [-0.1, -0.05) is 48.2 Å². The van der Waals surface area contributed by atoms with Crippen LogP contribution in [0.1, 0.15) is 44.6 Å². The van der Waals surface area contributed by atoms with Gasteiger partial charge in [0.25, 0.3) is 0 Å². The number of benzene rings is 1. The van der Waals surface area contributed by atoms with E-state index in [2.05, 4.69) is 22.9 Å². The molecule has 18 heavy (non-hydrogen) atoms. The second kappa shape index (κ2) is 5.70. The van der Waals surface area contributed by atoms with Crippen molar-refractivity contribution in [2.45, 2.75) is 51.6 Å². The Hall–Kier alpha value is -0.410. The van der Waals surface area contributed by atoms with Crippen LogP contribution in [0.15, 0.2) is 22.7 Å². The average Bonchev–Trinajstić information content (AvgIpc) is 2.33. The Morgan fingerprint density at radius 2 is 2.00 bits per heavy atom. The summed E-state index contributed by atoms with van der Waals surface area (Å²) in [6.07, 6.45) is 6.12. The molecule has 100 valence electrons. The minimum Gasteiger partial charge on any atom is -0.392 e. The second-order valence-corrected chi connectivity index (χ2v) is 6.52. The number of aliphatic hydroxyl groups excluding tert-OH is 1. The third-order valence-corrected chi connectivity index (χ3v) is 4.97. The molecule has 1 saturated carbocycles. The lowest BCUT2D eigenvalue weighted by molar-refractivity contribution is 0.0103. The molecule has 0 bridgehead atoms. The molecular weight excluding hydrogens is 295 g/mol. The maximum atomic E-state index is 13.0. The number of hydrogen-bond donors (Lipinski definition) is 1. The van der Waals surface area contributed by atoms with Crippen molar-refractivity contribution in [2.75, 3.05) is 0 Å². The summed E-state index contributed by atoms with van der Waals surface area (Å²) in [6.45, 7) is 2.17. The summed E-state index contributed by atoms with van der Waals surface area (Å²) in [6, 6.07) is 4.68. The standard InChI is InChI=1S/C15H20BrFO/c1-15(7-3-2-4-8-15)14(18)9-11-5-6-12(17)10-13(11)16/h5-6,10,14,18H,2-4,7-9H2,1H3. The fourth-order valence-electron chi connectivity index (χ4n) is 2.83. The van der Waals surface area contributed by atoms with Crippen molar-refractivity contribution in [3.8, 4) is 0 Å². The predicted octanol–water partition coefficient (Wildman–Crippen LogP) is 4.46. The van der Waals surface area contributed by atoms with E-state index in [1.54, 1.807) is 6.07 Å². The Kier molecular flexibility index (Phi) is 4.44. The van der Waals surface area contributed by atoms with E-state index >= 15 is 0 Å². The highest BCUT2D eigenvalue weighted by molar-refractivity contribution is 9.10. The molecule has 1 aliphatic carbocycles. The van der Waals surface area contributed by atoms with Crippen LogP contribution >= 0.6 is 15.9 Å². The first-order chi connectivity index (χ1) is 8.51. The quantitative estimate of drug-likeness (QED) is 0.873. The fraction of sp³-hybridized carbons (Fsp3) is 0.600. The molecule has 1 fully saturated rings. The molecule has 0 aliphatic heterocycles. The summed E-state index contributed by atoms with van der Waals surface area (Å²) in [5, 5.41) is 10.5. The van der Waals surface area contributed by atoms with Crippen molar-refractivity contribution in [3.05, 3.63) is 34.1 Å². The van der Waals surface area contributed by atoms with Gasteiger partial charge in [0.1, 0.15) is 5.82 Å². The Morgan fingerprint density at radius 1 is 1.33 bits per heavy atom. The van der Waals surface area contributed by atoms with Crippen LogP contribution in [-0.2, 0) is 6.42 Å². The van der Waals surface area contributed by atoms with Gasteiger partial charge in [0, 0.05) is 4.47 Å². The van der Waals surface area contributed by atoms with Gasteiger partial charge in [-0.2, -0.15) is 0 Å². The van der Waals surface area contributed by atoms with E-state index in [4.69, 9.17) is 0 Å². The van der Waals surface area contributed by atoms with Crippen LogP contribution in [-0.4, -0.2) is 11.2 Å². The Balaban J connectivity index is 2.08. The summed E-state index contributed by atoms with van der Waals surface area (Å²) in [5.41, 5.74) is 1.00. The SMILES string of the molecule is CC1(C(O)Cc2ccc(F)cc2Br)CCCCC1. The number of rotatable bonds is 3. The van der Waals surface area contributed by atoms with Gasteiger partial charge in [-0.05, 0) is 42.4 Å². The molecule has 1 aromatic rings. The van der Waals surface area contributed by atoms with Crippen molar-refractivity contribution in [3.63, 3.8) is 0 Å². The molecule has 0 heterocycles. The number of hydrogen-bond acceptors (Lipinski definition) is 1. The fourth-order valence-corrected chi connectivity index (χ4v) is 3.35. The van der Waals surface area contributed by atoms with Crippen molar-refractivity contribution >= 4 is 15.9 Å². The third-order valence-electron chi connectivity index (χ3n) is 4.23. The molecule has 1 aliphatic rings. The highest BCUT2D eigenvalue weighted by Gasteiger charge is 2.34. The summed E-state index contributed by atoms with van der Waals surface area (Å²) < 4.78 is 13.8. The Labute approximate surface area is 117 Å². The third kappa shape index (κ3) is 3.12. The lowest BCUT2D eigenvalue weighted by Gasteiger charge is -2.38. The van der Waals surface area contributed by atoms with Crippen LogP contribution < -0.4 is 0 Å². The molecule has 0 aromatic heterocycles. The molecule has 1 atom stereocenters. The van der Waals surface area contributed by atoms with Crippen LogP contribution in [0.5, 0.6) is 0 Å². The van der Waals surface area contributed by atoms with Gasteiger partial charge in [0.05, 0.1) is 6.10 Å². The molecule has 0 amide bonds. The average molecular weight is 315 g/mol. The molecule has 1 N–H and O–H groups in total. The summed E-state index contributed by atoms with van der Waals surface area (Å²) in [5.74, 6) is -0.246. The first-order valence-electron chi connectivity index (χ1n) is 6.63. The molecular formula is C15H20BrFO. The van der Waals surface area contributed by atoms with Crippen molar-refractivity contribution in [2.24, 2.45) is 5.41 Å². The smallest absolute Gasteiger partial charge is 0.124 e. The van der Waals surface area contributed by atoms with E-state index in [9.17, 15) is 9.50 Å². The van der Waals surface area contributed by atoms with Crippen molar-refractivity contribution in [1.29, 1.82) is 0 Å². The van der Waals surface area contributed by atoms with E-state index in [1.165, 1.54) is 31.4 Å². The zero-order valence-corrected chi connectivity index (χ0v) is 12.3. The van der Waals surface area contributed by atoms with Crippen LogP contribution in [0.25, 0.3) is 0 Å². The van der Waals surface area contributed by atoms with Gasteiger partial charge in [-0.15, -0.1) is 0 Å². The van der Waals surface area contributed by atoms with E-state index in [0.29, 0.717) is 6.42 Å². The van der Waals surface area contributed by atoms with Gasteiger partial charge in [0.15, 0.2) is 0 Å². The minimum atomic E-state index is -0.348. The van der Waals surface area contributed by atoms with Crippen LogP contribution in [0.2, 0.25) is 0 Å². The Morgan fingerprint density at radius 3 is 2.61 bits per heavy atom. The molecule has 1 nitrogen and oxygen atoms in total. The molecule has 0 saturated heterocycles. The highest BCUT2D eigenvalue weighted by Crippen LogP contribution is 2.40. The maximum Gasteiger partial charge on any atom is 0.124 e. The molecule has 1 aromatic carbocycles. The van der Waals surface area contributed by atoms with Crippen LogP contribution in [0.4, 0.5) is 4.39 Å². The molecule has 3 heteroatoms. The van der Waals surface area contributed by atoms with Gasteiger partial charge in [-0.3, -0.25) is 0 Å². The van der Waals surface area contributed by atoms with E-state index in [0.717, 1.165) is 22.9 Å². The zero-order valence-electron chi connectivity index (χ0n) is 10.8. The first-order valence-corrected chi connectivity index (χ1v) is 7.42. The highest BCUT2D eigenvalue weighted by atomic mass is 79.9. The van der Waals surface area contributed by atoms with E-state index in [1.807, 2.05) is 0 Å². The first kappa shape index (κ1) is 14.0. The summed E-state index contributed by atoms with van der Waals surface area (Å²) >= 11 is 3.37. The zero-order chi connectivity index (χ0) is 13.2. The molecule has 2 rings (SSSR count). The molecule has 1 unspecified atom stereocenters. The monoisotopic (exact) mass is 314 g/mol. The maximum absolute atomic E-state index is 13.0. The van der Waals surface area contributed by atoms with E-state index in [-0.39, 0.29) is 17.3 Å². The Bertz CT molecular complexity index is 413. The van der Waals surface area contributed by atoms with Crippen molar-refractivity contribution < 1.29 is 9.50 Å². The summed E-state index contributed by atoms with van der Waals surface area (Å²) in [4.78, 5) is 0. The lowest BCUT2D eigenvalue weighted by Crippen LogP contribution is -2.35. The van der Waals surface area contributed by atoms with Crippen molar-refractivity contribution in [1.82, 2.24) is 0 Å². The minimum absolute atomic E-state index is 0.0199. The predicted molar refractivity (Wildman–Crippen MR) is 75.0 cm³/mol. The molecule has 0 spiro atoms. The van der Waals surface area contributed by atoms with Crippen LogP contribution in [0, 0.1) is 11.2 Å². The normalized spacial score (nSPS) is 20.7. The van der Waals surface area contributed by atoms with Gasteiger partial charge in [0.2, 0.25) is 0 Å². The molecule has 0 radical (unpaired) electrons. The van der Waals surface area contributed by atoms with Gasteiger partial charge < -0.3 is 5.11 Å². The second-order valence-electron chi connectivity index (χ2n) is 5.67. The lowest BCUT2D eigenvalue weighted by atomic mass is 9.70. The van der Waals surface area contributed by atoms with E-state index < -0.39 is 0 Å². The number of aliphatic hydroxyl groups is 1. The number of halogens is 2. The van der Waals surface area contributed by atoms with Gasteiger partial charge >= 0.3 is 0 Å². The van der Waals surface area contributed by atoms with Crippen LogP contribution in [0.3, 0.4) is 0 Å².